The van der Waals surface area contributed by atoms with Gasteiger partial charge in [-0.3, -0.25) is 0 Å². The Balaban J connectivity index is 2.25. The normalized spacial score (nSPS) is 13.1. The predicted molar refractivity (Wildman–Crippen MR) is 81.9 cm³/mol. The third-order valence-electron chi connectivity index (χ3n) is 3.19. The molecule has 0 bridgehead atoms. The first kappa shape index (κ1) is 14.8. The predicted octanol–water partition coefficient (Wildman–Crippen LogP) is 2.91. The molecule has 0 heterocycles. The molecular formula is C16H19NO2S. The van der Waals surface area contributed by atoms with Gasteiger partial charge in [-0.05, 0) is 24.5 Å². The van der Waals surface area contributed by atoms with Gasteiger partial charge in [0, 0.05) is 0 Å². The molecule has 0 radical (unpaired) electrons. The van der Waals surface area contributed by atoms with Crippen LogP contribution >= 0.6 is 0 Å². The maximum atomic E-state index is 11.9. The first-order valence-electron chi connectivity index (χ1n) is 6.69. The van der Waals surface area contributed by atoms with Crippen LogP contribution in [0.3, 0.4) is 0 Å². The molecule has 0 aliphatic heterocycles. The number of hydrogen-bond acceptors (Lipinski definition) is 2. The molecule has 0 saturated carbocycles. The van der Waals surface area contributed by atoms with Gasteiger partial charge in [-0.1, -0.05) is 60.7 Å². The summed E-state index contributed by atoms with van der Waals surface area (Å²) < 4.78 is 26.5. The highest BCUT2D eigenvalue weighted by Crippen LogP contribution is 2.19. The smallest absolute Gasteiger partial charge is 0.211 e. The summed E-state index contributed by atoms with van der Waals surface area (Å²) in [6.07, 6.45) is 0.643. The van der Waals surface area contributed by atoms with Crippen molar-refractivity contribution in [2.45, 2.75) is 19.4 Å². The van der Waals surface area contributed by atoms with E-state index in [0.29, 0.717) is 6.42 Å². The fraction of sp³-hybridized carbons (Fsp3) is 0.250. The van der Waals surface area contributed by atoms with Gasteiger partial charge in [0.05, 0.1) is 11.8 Å². The number of sulfonamides is 1. The summed E-state index contributed by atoms with van der Waals surface area (Å²) in [7, 11) is -3.24. The lowest BCUT2D eigenvalue weighted by Crippen LogP contribution is -2.31. The van der Waals surface area contributed by atoms with E-state index in [1.54, 1.807) is 6.92 Å². The van der Waals surface area contributed by atoms with Crippen LogP contribution in [0.4, 0.5) is 0 Å². The molecule has 0 saturated heterocycles. The second kappa shape index (κ2) is 6.68. The molecule has 0 aliphatic carbocycles. The molecule has 0 fully saturated rings. The summed E-state index contributed by atoms with van der Waals surface area (Å²) in [5, 5.41) is 0. The van der Waals surface area contributed by atoms with Crippen LogP contribution in [-0.4, -0.2) is 14.2 Å². The highest BCUT2D eigenvalue weighted by atomic mass is 32.2. The monoisotopic (exact) mass is 289 g/mol. The van der Waals surface area contributed by atoms with Crippen molar-refractivity contribution in [3.63, 3.8) is 0 Å². The van der Waals surface area contributed by atoms with Gasteiger partial charge in [0.2, 0.25) is 10.0 Å². The molecule has 20 heavy (non-hydrogen) atoms. The van der Waals surface area contributed by atoms with Crippen molar-refractivity contribution in [2.24, 2.45) is 0 Å². The van der Waals surface area contributed by atoms with Crippen molar-refractivity contribution in [1.29, 1.82) is 0 Å². The molecular weight excluding hydrogens is 270 g/mol. The van der Waals surface area contributed by atoms with Crippen LogP contribution in [0.15, 0.2) is 60.7 Å². The van der Waals surface area contributed by atoms with Crippen molar-refractivity contribution in [2.75, 3.05) is 5.75 Å². The highest BCUT2D eigenvalue weighted by Gasteiger charge is 2.18. The summed E-state index contributed by atoms with van der Waals surface area (Å²) in [6, 6.07) is 19.3. The molecule has 0 aromatic heterocycles. The molecule has 1 N–H and O–H groups in total. The Kier molecular flexibility index (Phi) is 4.93. The third kappa shape index (κ3) is 4.18. The molecule has 2 rings (SSSR count). The number of rotatable bonds is 6. The van der Waals surface area contributed by atoms with Crippen molar-refractivity contribution in [3.05, 3.63) is 71.8 Å². The van der Waals surface area contributed by atoms with E-state index in [0.717, 1.165) is 11.1 Å². The van der Waals surface area contributed by atoms with Crippen LogP contribution in [0.25, 0.3) is 0 Å². The molecule has 1 atom stereocenters. The summed E-state index contributed by atoms with van der Waals surface area (Å²) in [6.45, 7) is 1.65. The lowest BCUT2D eigenvalue weighted by Gasteiger charge is -2.19. The Morgan fingerprint density at radius 3 is 2.05 bits per heavy atom. The van der Waals surface area contributed by atoms with Crippen molar-refractivity contribution in [1.82, 2.24) is 4.72 Å². The number of benzene rings is 2. The zero-order valence-corrected chi connectivity index (χ0v) is 12.3. The Hall–Kier alpha value is -1.65. The molecule has 106 valence electrons. The van der Waals surface area contributed by atoms with Crippen LogP contribution in [0, 0.1) is 0 Å². The van der Waals surface area contributed by atoms with Gasteiger partial charge in [0.15, 0.2) is 0 Å². The van der Waals surface area contributed by atoms with Crippen LogP contribution in [0.2, 0.25) is 0 Å². The van der Waals surface area contributed by atoms with Crippen molar-refractivity contribution in [3.8, 4) is 0 Å². The van der Waals surface area contributed by atoms with Gasteiger partial charge in [-0.2, -0.15) is 0 Å². The average molecular weight is 289 g/mol. The Labute approximate surface area is 120 Å². The lowest BCUT2D eigenvalue weighted by molar-refractivity contribution is 0.556. The lowest BCUT2D eigenvalue weighted by atomic mass is 10.00. The summed E-state index contributed by atoms with van der Waals surface area (Å²) in [5.74, 6) is 0.0884. The van der Waals surface area contributed by atoms with Gasteiger partial charge in [0.25, 0.3) is 0 Å². The first-order chi connectivity index (χ1) is 9.61. The highest BCUT2D eigenvalue weighted by molar-refractivity contribution is 7.89. The Bertz CT molecular complexity index is 624. The SMILES string of the molecule is CCS(=O)(=O)N[C@H](Cc1ccccc1)c1ccccc1. The van der Waals surface area contributed by atoms with E-state index in [2.05, 4.69) is 4.72 Å². The van der Waals surface area contributed by atoms with Crippen LogP contribution < -0.4 is 4.72 Å². The zero-order valence-electron chi connectivity index (χ0n) is 11.5. The van der Waals surface area contributed by atoms with Crippen LogP contribution in [0.5, 0.6) is 0 Å². The molecule has 4 heteroatoms. The van der Waals surface area contributed by atoms with E-state index in [1.165, 1.54) is 0 Å². The van der Waals surface area contributed by atoms with E-state index in [4.69, 9.17) is 0 Å². The van der Waals surface area contributed by atoms with Crippen molar-refractivity contribution < 1.29 is 8.42 Å². The second-order valence-electron chi connectivity index (χ2n) is 4.67. The van der Waals surface area contributed by atoms with Gasteiger partial charge in [0.1, 0.15) is 0 Å². The summed E-state index contributed by atoms with van der Waals surface area (Å²) in [4.78, 5) is 0. The molecule has 0 amide bonds. The van der Waals surface area contributed by atoms with Crippen LogP contribution in [-0.2, 0) is 16.4 Å². The van der Waals surface area contributed by atoms with Gasteiger partial charge in [-0.25, -0.2) is 13.1 Å². The fourth-order valence-corrected chi connectivity index (χ4v) is 2.88. The summed E-state index contributed by atoms with van der Waals surface area (Å²) >= 11 is 0. The zero-order chi connectivity index (χ0) is 14.4. The maximum Gasteiger partial charge on any atom is 0.211 e. The molecule has 0 unspecified atom stereocenters. The van der Waals surface area contributed by atoms with E-state index in [1.807, 2.05) is 60.7 Å². The minimum atomic E-state index is -3.24. The van der Waals surface area contributed by atoms with E-state index < -0.39 is 10.0 Å². The quantitative estimate of drug-likeness (QED) is 0.888. The van der Waals surface area contributed by atoms with Crippen LogP contribution in [0.1, 0.15) is 24.1 Å². The van der Waals surface area contributed by atoms with Gasteiger partial charge < -0.3 is 0 Å². The number of nitrogens with one attached hydrogen (secondary N) is 1. The Morgan fingerprint density at radius 2 is 1.50 bits per heavy atom. The fourth-order valence-electron chi connectivity index (χ4n) is 2.06. The van der Waals surface area contributed by atoms with E-state index in [-0.39, 0.29) is 11.8 Å². The standard InChI is InChI=1S/C16H19NO2S/c1-2-20(18,19)17-16(15-11-7-4-8-12-15)13-14-9-5-3-6-10-14/h3-12,16-17H,2,13H2,1H3/t16-/m1/s1. The topological polar surface area (TPSA) is 46.2 Å². The third-order valence-corrected chi connectivity index (χ3v) is 4.59. The second-order valence-corrected chi connectivity index (χ2v) is 6.72. The Morgan fingerprint density at radius 1 is 0.950 bits per heavy atom. The number of hydrogen-bond donors (Lipinski definition) is 1. The van der Waals surface area contributed by atoms with Crippen molar-refractivity contribution >= 4 is 10.0 Å². The molecule has 2 aromatic rings. The molecule has 0 spiro atoms. The van der Waals surface area contributed by atoms with E-state index in [9.17, 15) is 8.42 Å². The molecule has 2 aromatic carbocycles. The minimum Gasteiger partial charge on any atom is -0.212 e. The van der Waals surface area contributed by atoms with E-state index >= 15 is 0 Å². The molecule has 3 nitrogen and oxygen atoms in total. The average Bonchev–Trinajstić information content (AvgIpc) is 2.48. The van der Waals surface area contributed by atoms with Gasteiger partial charge >= 0.3 is 0 Å². The maximum absolute atomic E-state index is 11.9. The first-order valence-corrected chi connectivity index (χ1v) is 8.35. The summed E-state index contributed by atoms with van der Waals surface area (Å²) in [5.41, 5.74) is 2.09. The molecule has 0 aliphatic rings. The largest absolute Gasteiger partial charge is 0.212 e. The van der Waals surface area contributed by atoms with Gasteiger partial charge in [-0.15, -0.1) is 0 Å². The minimum absolute atomic E-state index is 0.0884.